The number of rotatable bonds is 6. The fraction of sp³-hybridized carbons (Fsp3) is 0.600. The highest BCUT2D eigenvalue weighted by atomic mass is 16.5. The van der Waals surface area contributed by atoms with Crippen LogP contribution in [0.25, 0.3) is 0 Å². The molecule has 1 aliphatic rings. The Bertz CT molecular complexity index is 405. The summed E-state index contributed by atoms with van der Waals surface area (Å²) in [6.07, 6.45) is 0.847. The van der Waals surface area contributed by atoms with Gasteiger partial charge in [0.1, 0.15) is 24.2 Å². The third-order valence-electron chi connectivity index (χ3n) is 3.51. The van der Waals surface area contributed by atoms with Gasteiger partial charge >= 0.3 is 0 Å². The molecule has 0 radical (unpaired) electrons. The standard InChI is InChI=1S/C15H23NO4/c1-19-14-3-2-4-15(9-14)20-11-13(18)10-16-7-5-12(17)6-8-16/h2-4,9,12-13,17-18H,5-8,10-11H2,1H3. The van der Waals surface area contributed by atoms with Crippen molar-refractivity contribution in [2.75, 3.05) is 33.4 Å². The summed E-state index contributed by atoms with van der Waals surface area (Å²) in [6, 6.07) is 7.34. The van der Waals surface area contributed by atoms with E-state index in [9.17, 15) is 10.2 Å². The average Bonchev–Trinajstić information content (AvgIpc) is 2.48. The van der Waals surface area contributed by atoms with Crippen LogP contribution in [0.3, 0.4) is 0 Å². The topological polar surface area (TPSA) is 62.2 Å². The molecule has 5 nitrogen and oxygen atoms in total. The molecule has 1 unspecified atom stereocenters. The largest absolute Gasteiger partial charge is 0.497 e. The minimum Gasteiger partial charge on any atom is -0.497 e. The number of ether oxygens (including phenoxy) is 2. The number of benzene rings is 1. The van der Waals surface area contributed by atoms with Crippen LogP contribution in [-0.4, -0.2) is 60.7 Å². The van der Waals surface area contributed by atoms with E-state index in [-0.39, 0.29) is 12.7 Å². The van der Waals surface area contributed by atoms with Gasteiger partial charge in [-0.15, -0.1) is 0 Å². The van der Waals surface area contributed by atoms with Crippen molar-refractivity contribution in [2.24, 2.45) is 0 Å². The number of nitrogens with zero attached hydrogens (tertiary/aromatic N) is 1. The quantitative estimate of drug-likeness (QED) is 0.811. The molecule has 112 valence electrons. The number of aliphatic hydroxyl groups is 2. The summed E-state index contributed by atoms with van der Waals surface area (Å²) in [7, 11) is 1.61. The number of hydrogen-bond acceptors (Lipinski definition) is 5. The SMILES string of the molecule is COc1cccc(OCC(O)CN2CCC(O)CC2)c1. The van der Waals surface area contributed by atoms with Crippen molar-refractivity contribution in [3.05, 3.63) is 24.3 Å². The number of likely N-dealkylation sites (tertiary alicyclic amines) is 1. The van der Waals surface area contributed by atoms with E-state index < -0.39 is 6.10 Å². The number of β-amino-alcohol motifs (C(OH)–C–C–N with tert-alkyl or cyclic N) is 1. The Kier molecular flexibility index (Phi) is 5.64. The predicted octanol–water partition coefficient (Wildman–Crippen LogP) is 0.892. The maximum absolute atomic E-state index is 9.99. The van der Waals surface area contributed by atoms with Crippen molar-refractivity contribution in [1.82, 2.24) is 4.90 Å². The van der Waals surface area contributed by atoms with Gasteiger partial charge < -0.3 is 24.6 Å². The molecule has 1 aromatic rings. The van der Waals surface area contributed by atoms with Crippen LogP contribution in [0.4, 0.5) is 0 Å². The Hall–Kier alpha value is -1.30. The molecule has 5 heteroatoms. The van der Waals surface area contributed by atoms with E-state index in [4.69, 9.17) is 9.47 Å². The van der Waals surface area contributed by atoms with Gasteiger partial charge in [-0.05, 0) is 25.0 Å². The van der Waals surface area contributed by atoms with Gasteiger partial charge in [0.25, 0.3) is 0 Å². The van der Waals surface area contributed by atoms with E-state index >= 15 is 0 Å². The molecule has 0 saturated carbocycles. The monoisotopic (exact) mass is 281 g/mol. The first-order valence-corrected chi connectivity index (χ1v) is 7.02. The zero-order valence-corrected chi connectivity index (χ0v) is 11.9. The number of aliphatic hydroxyl groups excluding tert-OH is 2. The van der Waals surface area contributed by atoms with E-state index in [1.807, 2.05) is 18.2 Å². The Morgan fingerprint density at radius 2 is 2.00 bits per heavy atom. The maximum Gasteiger partial charge on any atom is 0.123 e. The fourth-order valence-electron chi connectivity index (χ4n) is 2.34. The van der Waals surface area contributed by atoms with Crippen LogP contribution in [0.1, 0.15) is 12.8 Å². The van der Waals surface area contributed by atoms with Crippen LogP contribution in [0, 0.1) is 0 Å². The molecule has 2 rings (SSSR count). The maximum atomic E-state index is 9.99. The van der Waals surface area contributed by atoms with Crippen molar-refractivity contribution in [2.45, 2.75) is 25.0 Å². The Balaban J connectivity index is 1.73. The first-order valence-electron chi connectivity index (χ1n) is 7.02. The van der Waals surface area contributed by atoms with Crippen molar-refractivity contribution in [3.8, 4) is 11.5 Å². The van der Waals surface area contributed by atoms with Gasteiger partial charge in [-0.25, -0.2) is 0 Å². The third kappa shape index (κ3) is 4.67. The van der Waals surface area contributed by atoms with Gasteiger partial charge in [0, 0.05) is 25.7 Å². The predicted molar refractivity (Wildman–Crippen MR) is 76.2 cm³/mol. The summed E-state index contributed by atoms with van der Waals surface area (Å²) in [5, 5.41) is 19.4. The highest BCUT2D eigenvalue weighted by Gasteiger charge is 2.19. The molecule has 0 aromatic heterocycles. The van der Waals surface area contributed by atoms with E-state index in [0.717, 1.165) is 31.7 Å². The summed E-state index contributed by atoms with van der Waals surface area (Å²) < 4.78 is 10.7. The second-order valence-electron chi connectivity index (χ2n) is 5.18. The van der Waals surface area contributed by atoms with Crippen molar-refractivity contribution < 1.29 is 19.7 Å². The molecule has 0 aliphatic carbocycles. The molecule has 1 heterocycles. The number of piperidine rings is 1. The molecule has 0 spiro atoms. The molecule has 1 atom stereocenters. The summed E-state index contributed by atoms with van der Waals surface area (Å²) in [5.74, 6) is 1.43. The lowest BCUT2D eigenvalue weighted by atomic mass is 10.1. The van der Waals surface area contributed by atoms with Gasteiger partial charge in [0.2, 0.25) is 0 Å². The molecule has 1 saturated heterocycles. The van der Waals surface area contributed by atoms with Crippen LogP contribution in [0.5, 0.6) is 11.5 Å². The lowest BCUT2D eigenvalue weighted by Gasteiger charge is -2.30. The number of methoxy groups -OCH3 is 1. The Morgan fingerprint density at radius 1 is 1.30 bits per heavy atom. The third-order valence-corrected chi connectivity index (χ3v) is 3.51. The van der Waals surface area contributed by atoms with Crippen LogP contribution in [0.15, 0.2) is 24.3 Å². The van der Waals surface area contributed by atoms with Gasteiger partial charge in [0.05, 0.1) is 13.2 Å². The normalized spacial score (nSPS) is 18.8. The van der Waals surface area contributed by atoms with Crippen molar-refractivity contribution in [3.63, 3.8) is 0 Å². The number of hydrogen-bond donors (Lipinski definition) is 2. The van der Waals surface area contributed by atoms with Gasteiger partial charge in [0.15, 0.2) is 0 Å². The molecule has 20 heavy (non-hydrogen) atoms. The van der Waals surface area contributed by atoms with Crippen LogP contribution in [0.2, 0.25) is 0 Å². The molecule has 1 aliphatic heterocycles. The Labute approximate surface area is 119 Å². The zero-order valence-electron chi connectivity index (χ0n) is 11.9. The van der Waals surface area contributed by atoms with Crippen molar-refractivity contribution >= 4 is 0 Å². The first kappa shape index (κ1) is 15.1. The van der Waals surface area contributed by atoms with Crippen molar-refractivity contribution in [1.29, 1.82) is 0 Å². The Morgan fingerprint density at radius 3 is 2.70 bits per heavy atom. The smallest absolute Gasteiger partial charge is 0.123 e. The zero-order chi connectivity index (χ0) is 14.4. The van der Waals surface area contributed by atoms with Crippen LogP contribution >= 0.6 is 0 Å². The molecular weight excluding hydrogens is 258 g/mol. The van der Waals surface area contributed by atoms with Crippen LogP contribution in [-0.2, 0) is 0 Å². The fourth-order valence-corrected chi connectivity index (χ4v) is 2.34. The minimum absolute atomic E-state index is 0.184. The summed E-state index contributed by atoms with van der Waals surface area (Å²) in [4.78, 5) is 2.16. The van der Waals surface area contributed by atoms with E-state index in [1.54, 1.807) is 13.2 Å². The molecule has 2 N–H and O–H groups in total. The van der Waals surface area contributed by atoms with Gasteiger partial charge in [-0.3, -0.25) is 0 Å². The molecule has 1 fully saturated rings. The van der Waals surface area contributed by atoms with Gasteiger partial charge in [-0.2, -0.15) is 0 Å². The lowest BCUT2D eigenvalue weighted by Crippen LogP contribution is -2.41. The lowest BCUT2D eigenvalue weighted by molar-refractivity contribution is 0.0337. The summed E-state index contributed by atoms with van der Waals surface area (Å²) in [6.45, 7) is 2.50. The molecule has 0 amide bonds. The second kappa shape index (κ2) is 7.47. The second-order valence-corrected chi connectivity index (χ2v) is 5.18. The highest BCUT2D eigenvalue weighted by molar-refractivity contribution is 5.32. The highest BCUT2D eigenvalue weighted by Crippen LogP contribution is 2.19. The van der Waals surface area contributed by atoms with E-state index in [2.05, 4.69) is 4.90 Å². The van der Waals surface area contributed by atoms with E-state index in [0.29, 0.717) is 12.3 Å². The molecular formula is C15H23NO4. The first-order chi connectivity index (χ1) is 9.67. The summed E-state index contributed by atoms with van der Waals surface area (Å²) in [5.41, 5.74) is 0. The molecule has 0 bridgehead atoms. The minimum atomic E-state index is -0.531. The average molecular weight is 281 g/mol. The van der Waals surface area contributed by atoms with Gasteiger partial charge in [-0.1, -0.05) is 6.07 Å². The molecule has 1 aromatic carbocycles. The summed E-state index contributed by atoms with van der Waals surface area (Å²) >= 11 is 0. The van der Waals surface area contributed by atoms with Crippen LogP contribution < -0.4 is 9.47 Å². The van der Waals surface area contributed by atoms with E-state index in [1.165, 1.54) is 0 Å².